The van der Waals surface area contributed by atoms with Crippen molar-refractivity contribution in [3.63, 3.8) is 0 Å². The fourth-order valence-corrected chi connectivity index (χ4v) is 3.51. The number of nitrogens with zero attached hydrogens (tertiary/aromatic N) is 2. The van der Waals surface area contributed by atoms with Gasteiger partial charge in [-0.1, -0.05) is 12.8 Å². The first-order chi connectivity index (χ1) is 12.8. The standard InChI is InChI=1S/C18H22F2N2O4S/c1-27(23,24)26-12-16-9-18(22(21-16)10-13-4-2-3-5-13)25-11-14-8-15(19)6-7-17(14)20/h6-9,13H,2-5,10-12H2,1H3. The Morgan fingerprint density at radius 3 is 2.63 bits per heavy atom. The minimum atomic E-state index is -3.60. The molecule has 1 aromatic heterocycles. The average Bonchev–Trinajstić information content (AvgIpc) is 3.24. The predicted molar refractivity (Wildman–Crippen MR) is 94.5 cm³/mol. The van der Waals surface area contributed by atoms with E-state index in [9.17, 15) is 17.2 Å². The highest BCUT2D eigenvalue weighted by Gasteiger charge is 2.20. The number of hydrogen-bond acceptors (Lipinski definition) is 5. The van der Waals surface area contributed by atoms with Crippen LogP contribution >= 0.6 is 0 Å². The van der Waals surface area contributed by atoms with Crippen molar-refractivity contribution in [1.82, 2.24) is 9.78 Å². The Hall–Kier alpha value is -2.00. The fourth-order valence-electron chi connectivity index (χ4n) is 3.18. The third-order valence-electron chi connectivity index (χ3n) is 4.50. The highest BCUT2D eigenvalue weighted by Crippen LogP contribution is 2.28. The van der Waals surface area contributed by atoms with Gasteiger partial charge >= 0.3 is 0 Å². The number of benzene rings is 1. The molecule has 0 radical (unpaired) electrons. The summed E-state index contributed by atoms with van der Waals surface area (Å²) < 4.78 is 61.6. The van der Waals surface area contributed by atoms with Crippen molar-refractivity contribution in [2.75, 3.05) is 6.26 Å². The van der Waals surface area contributed by atoms with Gasteiger partial charge in [0.2, 0.25) is 5.88 Å². The molecule has 148 valence electrons. The van der Waals surface area contributed by atoms with Crippen molar-refractivity contribution in [3.8, 4) is 5.88 Å². The number of hydrogen-bond donors (Lipinski definition) is 0. The summed E-state index contributed by atoms with van der Waals surface area (Å²) in [5, 5.41) is 4.36. The van der Waals surface area contributed by atoms with Crippen molar-refractivity contribution in [2.24, 2.45) is 5.92 Å². The quantitative estimate of drug-likeness (QED) is 0.635. The zero-order chi connectivity index (χ0) is 19.4. The van der Waals surface area contributed by atoms with E-state index in [1.165, 1.54) is 12.8 Å². The zero-order valence-electron chi connectivity index (χ0n) is 15.0. The Morgan fingerprint density at radius 1 is 1.19 bits per heavy atom. The van der Waals surface area contributed by atoms with Crippen LogP contribution in [0.3, 0.4) is 0 Å². The lowest BCUT2D eigenvalue weighted by molar-refractivity contribution is 0.256. The molecule has 1 saturated carbocycles. The number of rotatable bonds is 8. The summed E-state index contributed by atoms with van der Waals surface area (Å²) in [5.41, 5.74) is 0.491. The molecule has 1 heterocycles. The van der Waals surface area contributed by atoms with Gasteiger partial charge in [-0.15, -0.1) is 0 Å². The Balaban J connectivity index is 1.75. The second-order valence-corrected chi connectivity index (χ2v) is 8.44. The molecule has 1 fully saturated rings. The lowest BCUT2D eigenvalue weighted by atomic mass is 10.1. The second-order valence-electron chi connectivity index (χ2n) is 6.80. The minimum absolute atomic E-state index is 0.0950. The first-order valence-corrected chi connectivity index (χ1v) is 10.6. The second kappa shape index (κ2) is 8.35. The minimum Gasteiger partial charge on any atom is -0.473 e. The van der Waals surface area contributed by atoms with Crippen LogP contribution in [-0.4, -0.2) is 24.5 Å². The number of halogens is 2. The van der Waals surface area contributed by atoms with Crippen LogP contribution in [-0.2, 0) is 34.1 Å². The van der Waals surface area contributed by atoms with E-state index in [0.29, 0.717) is 24.0 Å². The summed E-state index contributed by atoms with van der Waals surface area (Å²) in [6.07, 6.45) is 5.48. The van der Waals surface area contributed by atoms with Crippen molar-refractivity contribution in [3.05, 3.63) is 47.2 Å². The molecule has 1 aliphatic rings. The Morgan fingerprint density at radius 2 is 1.93 bits per heavy atom. The van der Waals surface area contributed by atoms with Crippen LogP contribution in [0, 0.1) is 17.6 Å². The maximum atomic E-state index is 13.8. The zero-order valence-corrected chi connectivity index (χ0v) is 15.8. The van der Waals surface area contributed by atoms with Crippen LogP contribution in [0.5, 0.6) is 5.88 Å². The highest BCUT2D eigenvalue weighted by molar-refractivity contribution is 7.85. The number of aromatic nitrogens is 2. The molecule has 27 heavy (non-hydrogen) atoms. The third kappa shape index (κ3) is 5.74. The van der Waals surface area contributed by atoms with Crippen molar-refractivity contribution < 1.29 is 26.1 Å². The molecule has 1 aromatic carbocycles. The van der Waals surface area contributed by atoms with Crippen LogP contribution in [0.15, 0.2) is 24.3 Å². The van der Waals surface area contributed by atoms with E-state index >= 15 is 0 Å². The molecule has 0 amide bonds. The van der Waals surface area contributed by atoms with Gasteiger partial charge in [0.15, 0.2) is 0 Å². The Kier molecular flexibility index (Phi) is 6.11. The topological polar surface area (TPSA) is 70.4 Å². The van der Waals surface area contributed by atoms with Gasteiger partial charge in [-0.25, -0.2) is 13.5 Å². The van der Waals surface area contributed by atoms with Crippen molar-refractivity contribution in [1.29, 1.82) is 0 Å². The van der Waals surface area contributed by atoms with Gasteiger partial charge in [0.1, 0.15) is 24.8 Å². The van der Waals surface area contributed by atoms with E-state index in [1.54, 1.807) is 10.7 Å². The van der Waals surface area contributed by atoms with Crippen LogP contribution < -0.4 is 4.74 Å². The van der Waals surface area contributed by atoms with E-state index in [2.05, 4.69) is 5.10 Å². The summed E-state index contributed by atoms with van der Waals surface area (Å²) in [6, 6.07) is 4.75. The van der Waals surface area contributed by atoms with Crippen LogP contribution in [0.1, 0.15) is 36.9 Å². The van der Waals surface area contributed by atoms with Crippen LogP contribution in [0.25, 0.3) is 0 Å². The molecule has 0 saturated heterocycles. The van der Waals surface area contributed by atoms with Crippen LogP contribution in [0.2, 0.25) is 0 Å². The molecular formula is C18H22F2N2O4S. The van der Waals surface area contributed by atoms with Crippen LogP contribution in [0.4, 0.5) is 8.78 Å². The largest absolute Gasteiger partial charge is 0.473 e. The molecule has 1 aliphatic carbocycles. The Labute approximate surface area is 157 Å². The van der Waals surface area contributed by atoms with Gasteiger partial charge in [-0.2, -0.15) is 13.5 Å². The summed E-state index contributed by atoms with van der Waals surface area (Å²) in [7, 11) is -3.60. The van der Waals surface area contributed by atoms with Gasteiger partial charge in [0, 0.05) is 18.2 Å². The van der Waals surface area contributed by atoms with Gasteiger partial charge in [0.25, 0.3) is 10.1 Å². The van der Waals surface area contributed by atoms with E-state index in [0.717, 1.165) is 37.3 Å². The van der Waals surface area contributed by atoms with E-state index in [-0.39, 0.29) is 18.8 Å². The number of ether oxygens (including phenoxy) is 1. The molecule has 9 heteroatoms. The maximum Gasteiger partial charge on any atom is 0.264 e. The van der Waals surface area contributed by atoms with Gasteiger partial charge in [-0.3, -0.25) is 4.18 Å². The van der Waals surface area contributed by atoms with Crippen molar-refractivity contribution in [2.45, 2.75) is 45.4 Å². The van der Waals surface area contributed by atoms with E-state index in [1.807, 2.05) is 0 Å². The summed E-state index contributed by atoms with van der Waals surface area (Å²) in [4.78, 5) is 0. The lowest BCUT2D eigenvalue weighted by Gasteiger charge is -2.13. The normalized spacial score (nSPS) is 15.4. The third-order valence-corrected chi connectivity index (χ3v) is 5.05. The molecule has 0 unspecified atom stereocenters. The molecule has 3 rings (SSSR count). The van der Waals surface area contributed by atoms with Gasteiger partial charge < -0.3 is 4.74 Å². The molecule has 0 atom stereocenters. The first kappa shape index (κ1) is 19.8. The molecule has 0 bridgehead atoms. The molecular weight excluding hydrogens is 378 g/mol. The van der Waals surface area contributed by atoms with E-state index in [4.69, 9.17) is 8.92 Å². The summed E-state index contributed by atoms with van der Waals surface area (Å²) in [6.45, 7) is 0.257. The SMILES string of the molecule is CS(=O)(=O)OCc1cc(OCc2cc(F)ccc2F)n(CC2CCCC2)n1. The van der Waals surface area contributed by atoms with E-state index < -0.39 is 21.8 Å². The summed E-state index contributed by atoms with van der Waals surface area (Å²) in [5.74, 6) is -0.268. The summed E-state index contributed by atoms with van der Waals surface area (Å²) >= 11 is 0. The van der Waals surface area contributed by atoms with Crippen molar-refractivity contribution >= 4 is 10.1 Å². The lowest BCUT2D eigenvalue weighted by Crippen LogP contribution is -2.12. The molecule has 0 spiro atoms. The molecule has 2 aromatic rings. The molecule has 0 aliphatic heterocycles. The first-order valence-electron chi connectivity index (χ1n) is 8.78. The predicted octanol–water partition coefficient (Wildman–Crippen LogP) is 3.41. The van der Waals surface area contributed by atoms with Gasteiger partial charge in [0.05, 0.1) is 11.9 Å². The average molecular weight is 400 g/mol. The smallest absolute Gasteiger partial charge is 0.264 e. The monoisotopic (exact) mass is 400 g/mol. The Bertz CT molecular complexity index is 893. The van der Waals surface area contributed by atoms with Gasteiger partial charge in [-0.05, 0) is 37.0 Å². The highest BCUT2D eigenvalue weighted by atomic mass is 32.2. The molecule has 0 N–H and O–H groups in total. The molecule has 6 nitrogen and oxygen atoms in total. The fraction of sp³-hybridized carbons (Fsp3) is 0.500. The maximum absolute atomic E-state index is 13.8.